The number of rotatable bonds is 6. The number of nitrogens with one attached hydrogen (secondary N) is 1. The van der Waals surface area contributed by atoms with Crippen molar-refractivity contribution in [2.75, 3.05) is 18.8 Å². The van der Waals surface area contributed by atoms with Gasteiger partial charge in [-0.1, -0.05) is 27.5 Å². The molecule has 3 rings (SSSR count). The molecule has 0 spiro atoms. The largest absolute Gasteiger partial charge is 0.487 e. The van der Waals surface area contributed by atoms with E-state index in [1.54, 1.807) is 24.4 Å². The Morgan fingerprint density at radius 1 is 1.44 bits per heavy atom. The lowest BCUT2D eigenvalue weighted by Gasteiger charge is -2.11. The van der Waals surface area contributed by atoms with Crippen molar-refractivity contribution in [1.82, 2.24) is 10.3 Å². The first-order valence-corrected chi connectivity index (χ1v) is 8.96. The minimum absolute atomic E-state index is 0.0217. The summed E-state index contributed by atoms with van der Waals surface area (Å²) >= 11 is 9.67. The van der Waals surface area contributed by atoms with E-state index in [-0.39, 0.29) is 18.4 Å². The Labute approximate surface area is 159 Å². The number of nitrogens with two attached hydrogens (primary N) is 1. The number of anilines is 1. The maximum atomic E-state index is 11.9. The van der Waals surface area contributed by atoms with E-state index < -0.39 is 0 Å². The SMILES string of the molecule is Nc1ccc(/C=C/C(=O)CNCC2Cc3c(Br)ccc(Cl)c3O2)cn1. The predicted octanol–water partition coefficient (Wildman–Crippen LogP) is 3.26. The molecule has 5 nitrogen and oxygen atoms in total. The number of nitrogen functional groups attached to an aromatic ring is 1. The molecule has 2 heterocycles. The van der Waals surface area contributed by atoms with Crippen LogP contribution in [-0.4, -0.2) is 30.0 Å². The Morgan fingerprint density at radius 2 is 2.28 bits per heavy atom. The molecule has 0 aliphatic carbocycles. The van der Waals surface area contributed by atoms with E-state index in [1.807, 2.05) is 12.1 Å². The summed E-state index contributed by atoms with van der Waals surface area (Å²) in [6, 6.07) is 7.23. The van der Waals surface area contributed by atoms with Gasteiger partial charge in [-0.25, -0.2) is 4.98 Å². The van der Waals surface area contributed by atoms with Crippen LogP contribution in [-0.2, 0) is 11.2 Å². The van der Waals surface area contributed by atoms with Crippen molar-refractivity contribution in [3.63, 3.8) is 0 Å². The van der Waals surface area contributed by atoms with Crippen molar-refractivity contribution in [3.05, 3.63) is 57.2 Å². The van der Waals surface area contributed by atoms with Crippen LogP contribution in [0.4, 0.5) is 5.82 Å². The van der Waals surface area contributed by atoms with Crippen LogP contribution in [0.2, 0.25) is 5.02 Å². The highest BCUT2D eigenvalue weighted by molar-refractivity contribution is 9.10. The second-order valence-electron chi connectivity index (χ2n) is 5.73. The van der Waals surface area contributed by atoms with Gasteiger partial charge in [0.1, 0.15) is 17.7 Å². The molecule has 2 aromatic rings. The fourth-order valence-electron chi connectivity index (χ4n) is 2.56. The molecular weight excluding hydrogens is 406 g/mol. The first-order chi connectivity index (χ1) is 12.0. The zero-order valence-electron chi connectivity index (χ0n) is 13.3. The molecule has 1 aliphatic rings. The van der Waals surface area contributed by atoms with Crippen LogP contribution >= 0.6 is 27.5 Å². The van der Waals surface area contributed by atoms with E-state index >= 15 is 0 Å². The maximum Gasteiger partial charge on any atom is 0.169 e. The van der Waals surface area contributed by atoms with Gasteiger partial charge < -0.3 is 15.8 Å². The Morgan fingerprint density at radius 3 is 3.00 bits per heavy atom. The molecule has 0 saturated heterocycles. The van der Waals surface area contributed by atoms with Gasteiger partial charge in [0.2, 0.25) is 0 Å². The highest BCUT2D eigenvalue weighted by atomic mass is 79.9. The molecule has 0 bridgehead atoms. The van der Waals surface area contributed by atoms with Gasteiger partial charge in [0.25, 0.3) is 0 Å². The number of benzene rings is 1. The van der Waals surface area contributed by atoms with Gasteiger partial charge in [-0.2, -0.15) is 0 Å². The topological polar surface area (TPSA) is 77.2 Å². The third-order valence-corrected chi connectivity index (χ3v) is 4.85. The van der Waals surface area contributed by atoms with Gasteiger partial charge in [-0.3, -0.25) is 4.79 Å². The summed E-state index contributed by atoms with van der Waals surface area (Å²) in [7, 11) is 0. The molecule has 0 amide bonds. The number of carbonyl (C=O) groups is 1. The number of nitrogens with zero attached hydrogens (tertiary/aromatic N) is 1. The van der Waals surface area contributed by atoms with Crippen LogP contribution in [0.3, 0.4) is 0 Å². The molecule has 1 aromatic heterocycles. The Hall–Kier alpha value is -1.89. The molecule has 0 fully saturated rings. The molecule has 1 atom stereocenters. The van der Waals surface area contributed by atoms with Crippen molar-refractivity contribution >= 4 is 45.2 Å². The minimum atomic E-state index is -0.0377. The number of carbonyl (C=O) groups excluding carboxylic acids is 1. The first kappa shape index (κ1) is 17.9. The molecule has 1 aromatic carbocycles. The lowest BCUT2D eigenvalue weighted by atomic mass is 10.1. The van der Waals surface area contributed by atoms with Gasteiger partial charge in [-0.15, -0.1) is 0 Å². The predicted molar refractivity (Wildman–Crippen MR) is 103 cm³/mol. The number of aromatic nitrogens is 1. The standard InChI is InChI=1S/C18H17BrClN3O2/c19-15-4-5-16(20)18-14(15)7-13(25-18)10-22-9-12(24)3-1-11-2-6-17(21)23-8-11/h1-6,8,13,22H,7,9-10H2,(H2,21,23)/b3-1+. The summed E-state index contributed by atoms with van der Waals surface area (Å²) in [5, 5.41) is 3.73. The highest BCUT2D eigenvalue weighted by Crippen LogP contribution is 2.39. The van der Waals surface area contributed by atoms with Gasteiger partial charge in [0.15, 0.2) is 5.78 Å². The monoisotopic (exact) mass is 421 g/mol. The number of hydrogen-bond acceptors (Lipinski definition) is 5. The van der Waals surface area contributed by atoms with Crippen molar-refractivity contribution in [2.24, 2.45) is 0 Å². The van der Waals surface area contributed by atoms with Gasteiger partial charge in [0.05, 0.1) is 11.6 Å². The summed E-state index contributed by atoms with van der Waals surface area (Å²) in [5.74, 6) is 1.16. The number of ketones is 1. The van der Waals surface area contributed by atoms with E-state index in [1.165, 1.54) is 6.08 Å². The smallest absolute Gasteiger partial charge is 0.169 e. The molecule has 1 unspecified atom stereocenters. The van der Waals surface area contributed by atoms with Crippen LogP contribution in [0.5, 0.6) is 5.75 Å². The number of fused-ring (bicyclic) bond motifs is 1. The van der Waals surface area contributed by atoms with E-state index in [4.69, 9.17) is 22.1 Å². The Kier molecular flexibility index (Phi) is 5.73. The van der Waals surface area contributed by atoms with E-state index in [2.05, 4.69) is 26.2 Å². The van der Waals surface area contributed by atoms with Crippen LogP contribution in [0.1, 0.15) is 11.1 Å². The summed E-state index contributed by atoms with van der Waals surface area (Å²) in [5.41, 5.74) is 7.42. The van der Waals surface area contributed by atoms with Crippen molar-refractivity contribution < 1.29 is 9.53 Å². The lowest BCUT2D eigenvalue weighted by Crippen LogP contribution is -2.33. The number of ether oxygens (including phenoxy) is 1. The normalized spacial score (nSPS) is 16.0. The number of halogens is 2. The summed E-state index contributed by atoms with van der Waals surface area (Å²) < 4.78 is 6.86. The zero-order chi connectivity index (χ0) is 17.8. The van der Waals surface area contributed by atoms with Gasteiger partial charge >= 0.3 is 0 Å². The van der Waals surface area contributed by atoms with Gasteiger partial charge in [0, 0.05) is 29.2 Å². The molecule has 0 saturated carbocycles. The van der Waals surface area contributed by atoms with E-state index in [0.29, 0.717) is 17.4 Å². The molecule has 130 valence electrons. The number of hydrogen-bond donors (Lipinski definition) is 2. The third kappa shape index (κ3) is 4.60. The van der Waals surface area contributed by atoms with E-state index in [0.717, 1.165) is 27.8 Å². The fraction of sp³-hybridized carbons (Fsp3) is 0.222. The molecule has 7 heteroatoms. The fourth-order valence-corrected chi connectivity index (χ4v) is 3.26. The second-order valence-corrected chi connectivity index (χ2v) is 6.99. The van der Waals surface area contributed by atoms with Crippen LogP contribution in [0.25, 0.3) is 6.08 Å². The molecule has 3 N–H and O–H groups in total. The van der Waals surface area contributed by atoms with Crippen LogP contribution in [0.15, 0.2) is 41.0 Å². The average Bonchev–Trinajstić information content (AvgIpc) is 3.03. The van der Waals surface area contributed by atoms with Crippen molar-refractivity contribution in [2.45, 2.75) is 12.5 Å². The van der Waals surface area contributed by atoms with Gasteiger partial charge in [-0.05, 0) is 42.0 Å². The van der Waals surface area contributed by atoms with Crippen LogP contribution < -0.4 is 15.8 Å². The third-order valence-electron chi connectivity index (χ3n) is 3.81. The van der Waals surface area contributed by atoms with Crippen molar-refractivity contribution in [1.29, 1.82) is 0 Å². The zero-order valence-corrected chi connectivity index (χ0v) is 15.7. The van der Waals surface area contributed by atoms with E-state index in [9.17, 15) is 4.79 Å². The van der Waals surface area contributed by atoms with Crippen molar-refractivity contribution in [3.8, 4) is 5.75 Å². The average molecular weight is 423 g/mol. The lowest BCUT2D eigenvalue weighted by molar-refractivity contribution is -0.113. The Balaban J connectivity index is 1.46. The quantitative estimate of drug-likeness (QED) is 0.699. The number of pyridine rings is 1. The summed E-state index contributed by atoms with van der Waals surface area (Å²) in [4.78, 5) is 15.9. The summed E-state index contributed by atoms with van der Waals surface area (Å²) in [6.07, 6.45) is 5.58. The minimum Gasteiger partial charge on any atom is -0.487 e. The molecule has 25 heavy (non-hydrogen) atoms. The highest BCUT2D eigenvalue weighted by Gasteiger charge is 2.26. The molecule has 1 aliphatic heterocycles. The van der Waals surface area contributed by atoms with Crippen LogP contribution in [0, 0.1) is 0 Å². The summed E-state index contributed by atoms with van der Waals surface area (Å²) in [6.45, 7) is 0.810. The molecule has 0 radical (unpaired) electrons. The maximum absolute atomic E-state index is 11.9. The second kappa shape index (κ2) is 7.99. The first-order valence-electron chi connectivity index (χ1n) is 7.79. The molecular formula is C18H17BrClN3O2. The Bertz CT molecular complexity index is 778.